The molecule has 0 N–H and O–H groups in total. The molecule has 0 aromatic rings. The van der Waals surface area contributed by atoms with Crippen molar-refractivity contribution in [2.24, 2.45) is 59.2 Å². The summed E-state index contributed by atoms with van der Waals surface area (Å²) >= 11 is 0. The molecule has 34 heavy (non-hydrogen) atoms. The predicted octanol–water partition coefficient (Wildman–Crippen LogP) is 3.58. The summed E-state index contributed by atoms with van der Waals surface area (Å²) in [7, 11) is -5.97. The largest absolute Gasteiger partial charge is 0.743 e. The number of ether oxygens (including phenoxy) is 2. The molecule has 0 aromatic carbocycles. The van der Waals surface area contributed by atoms with E-state index in [1.807, 2.05) is 20.8 Å². The van der Waals surface area contributed by atoms with Crippen molar-refractivity contribution in [1.82, 2.24) is 0 Å². The van der Waals surface area contributed by atoms with Crippen molar-refractivity contribution < 1.29 is 40.8 Å². The number of halogens is 2. The van der Waals surface area contributed by atoms with Crippen LogP contribution in [-0.2, 0) is 29.2 Å². The van der Waals surface area contributed by atoms with Gasteiger partial charge in [-0.1, -0.05) is 13.8 Å². The Morgan fingerprint density at radius 1 is 0.912 bits per heavy atom. The lowest BCUT2D eigenvalue weighted by molar-refractivity contribution is -0.212. The minimum atomic E-state index is -5.97. The number of hydrogen-bond donors (Lipinski definition) is 0. The highest BCUT2D eigenvalue weighted by atomic mass is 32.2. The van der Waals surface area contributed by atoms with Gasteiger partial charge in [-0.2, -0.15) is 8.78 Å². The van der Waals surface area contributed by atoms with Gasteiger partial charge in [0.2, 0.25) is 0 Å². The highest BCUT2D eigenvalue weighted by Gasteiger charge is 2.63. The summed E-state index contributed by atoms with van der Waals surface area (Å²) in [4.78, 5) is 26.6. The first-order valence-corrected chi connectivity index (χ1v) is 13.9. The van der Waals surface area contributed by atoms with Crippen LogP contribution in [0, 0.1) is 59.2 Å². The fourth-order valence-electron chi connectivity index (χ4n) is 8.54. The van der Waals surface area contributed by atoms with Gasteiger partial charge in [0.1, 0.15) is 5.60 Å². The van der Waals surface area contributed by atoms with Gasteiger partial charge in [-0.15, -0.1) is 0 Å². The molecular formula is C24H33F2O7S-. The summed E-state index contributed by atoms with van der Waals surface area (Å²) in [6.45, 7) is 4.17. The van der Waals surface area contributed by atoms with Crippen LogP contribution < -0.4 is 0 Å². The highest BCUT2D eigenvalue weighted by molar-refractivity contribution is 7.86. The Labute approximate surface area is 199 Å². The van der Waals surface area contributed by atoms with E-state index in [1.165, 1.54) is 6.42 Å². The van der Waals surface area contributed by atoms with E-state index in [-0.39, 0.29) is 23.7 Å². The molecule has 6 rings (SSSR count). The summed E-state index contributed by atoms with van der Waals surface area (Å²) < 4.78 is 70.5. The number of hydrogen-bond acceptors (Lipinski definition) is 7. The van der Waals surface area contributed by atoms with Crippen molar-refractivity contribution in [3.05, 3.63) is 0 Å². The molecule has 6 atom stereocenters. The lowest BCUT2D eigenvalue weighted by atomic mass is 9.50. The molecule has 0 heterocycles. The standard InChI is InChI=1S/C24H34F2O7S/c1-11-12(2)18-9-17(11)19(21(27)32-10-24(25,26)34(29,30)31)20(18)22(28)33-23(3)15-5-13-4-14(7-15)8-16(23)6-13/h11-20H,4-10H2,1-3H3,(H,29,30,31)/p-1. The number of rotatable bonds is 6. The average molecular weight is 504 g/mol. The second-order valence-corrected chi connectivity index (χ2v) is 13.4. The smallest absolute Gasteiger partial charge is 0.367 e. The Morgan fingerprint density at radius 2 is 1.38 bits per heavy atom. The molecular weight excluding hydrogens is 470 g/mol. The molecule has 10 heteroatoms. The fourth-order valence-corrected chi connectivity index (χ4v) is 8.74. The summed E-state index contributed by atoms with van der Waals surface area (Å²) in [6, 6.07) is 0. The first-order valence-electron chi connectivity index (χ1n) is 12.5. The summed E-state index contributed by atoms with van der Waals surface area (Å²) in [5.41, 5.74) is -0.584. The van der Waals surface area contributed by atoms with Crippen LogP contribution in [0.2, 0.25) is 0 Å². The monoisotopic (exact) mass is 503 g/mol. The molecule has 0 radical (unpaired) electrons. The molecule has 6 unspecified atom stereocenters. The first-order chi connectivity index (χ1) is 15.7. The van der Waals surface area contributed by atoms with E-state index >= 15 is 0 Å². The van der Waals surface area contributed by atoms with Crippen LogP contribution in [0.3, 0.4) is 0 Å². The minimum Gasteiger partial charge on any atom is -0.743 e. The topological polar surface area (TPSA) is 110 Å². The Hall–Kier alpha value is -1.29. The number of carbonyl (C=O) groups excluding carboxylic acids is 2. The van der Waals surface area contributed by atoms with E-state index in [4.69, 9.17) is 4.74 Å². The Balaban J connectivity index is 1.35. The van der Waals surface area contributed by atoms with Crippen LogP contribution in [0.15, 0.2) is 0 Å². The van der Waals surface area contributed by atoms with Gasteiger partial charge in [-0.05, 0) is 92.8 Å². The number of carbonyl (C=O) groups is 2. The molecule has 0 aliphatic heterocycles. The van der Waals surface area contributed by atoms with Crippen LogP contribution in [0.5, 0.6) is 0 Å². The maximum Gasteiger partial charge on any atom is 0.367 e. The van der Waals surface area contributed by atoms with Crippen LogP contribution in [0.1, 0.15) is 59.3 Å². The molecule has 6 saturated carbocycles. The van der Waals surface area contributed by atoms with Gasteiger partial charge in [-0.3, -0.25) is 9.59 Å². The average Bonchev–Trinajstić information content (AvgIpc) is 3.26. The first kappa shape index (κ1) is 24.4. The van der Waals surface area contributed by atoms with Crippen molar-refractivity contribution in [1.29, 1.82) is 0 Å². The molecule has 7 nitrogen and oxygen atoms in total. The molecule has 0 spiro atoms. The van der Waals surface area contributed by atoms with Gasteiger partial charge < -0.3 is 14.0 Å². The fraction of sp³-hybridized carbons (Fsp3) is 0.917. The summed E-state index contributed by atoms with van der Waals surface area (Å²) in [5.74, 6) is -1.46. The van der Waals surface area contributed by atoms with Crippen molar-refractivity contribution in [2.75, 3.05) is 6.61 Å². The molecule has 6 fully saturated rings. The normalized spacial score (nSPS) is 47.1. The Morgan fingerprint density at radius 3 is 1.85 bits per heavy atom. The van der Waals surface area contributed by atoms with Crippen molar-refractivity contribution in [3.63, 3.8) is 0 Å². The third-order valence-corrected chi connectivity index (χ3v) is 11.3. The zero-order chi connectivity index (χ0) is 24.8. The Kier molecular flexibility index (Phi) is 5.64. The number of alkyl halides is 2. The molecule has 0 amide bonds. The molecule has 6 bridgehead atoms. The SMILES string of the molecule is CC1C(C)C2CC1C(C(=O)OCC(F)(F)S(=O)(=O)[O-])C2C(=O)OC1(C)C2CC3CC(C2)CC1C3. The van der Waals surface area contributed by atoms with Crippen LogP contribution in [-0.4, -0.2) is 42.4 Å². The minimum absolute atomic E-state index is 0.0760. The van der Waals surface area contributed by atoms with Crippen molar-refractivity contribution >= 4 is 22.1 Å². The summed E-state index contributed by atoms with van der Waals surface area (Å²) in [6.07, 6.45) is 6.04. The molecule has 192 valence electrons. The van der Waals surface area contributed by atoms with Gasteiger partial charge in [0.05, 0.1) is 11.8 Å². The summed E-state index contributed by atoms with van der Waals surface area (Å²) in [5, 5.41) is -4.72. The van der Waals surface area contributed by atoms with E-state index in [1.54, 1.807) is 0 Å². The molecule has 6 aliphatic rings. The van der Waals surface area contributed by atoms with Crippen LogP contribution in [0.4, 0.5) is 8.78 Å². The van der Waals surface area contributed by atoms with Gasteiger partial charge in [0.25, 0.3) is 0 Å². The van der Waals surface area contributed by atoms with Gasteiger partial charge in [-0.25, -0.2) is 8.42 Å². The maximum absolute atomic E-state index is 13.6. The quantitative estimate of drug-likeness (QED) is 0.402. The van der Waals surface area contributed by atoms with Gasteiger partial charge in [0.15, 0.2) is 16.7 Å². The highest BCUT2D eigenvalue weighted by Crippen LogP contribution is 2.62. The Bertz CT molecular complexity index is 952. The molecule has 6 aliphatic carbocycles. The van der Waals surface area contributed by atoms with E-state index < -0.39 is 51.4 Å². The lowest BCUT2D eigenvalue weighted by Crippen LogP contribution is -2.59. The predicted molar refractivity (Wildman–Crippen MR) is 114 cm³/mol. The number of esters is 2. The lowest BCUT2D eigenvalue weighted by Gasteiger charge is -2.59. The van der Waals surface area contributed by atoms with E-state index in [0.29, 0.717) is 30.1 Å². The van der Waals surface area contributed by atoms with E-state index in [9.17, 15) is 31.3 Å². The zero-order valence-electron chi connectivity index (χ0n) is 19.7. The van der Waals surface area contributed by atoms with Crippen molar-refractivity contribution in [3.8, 4) is 0 Å². The zero-order valence-corrected chi connectivity index (χ0v) is 20.6. The third kappa shape index (κ3) is 3.61. The van der Waals surface area contributed by atoms with Gasteiger partial charge in [0, 0.05) is 0 Å². The second-order valence-electron chi connectivity index (χ2n) is 11.9. The van der Waals surface area contributed by atoms with Crippen LogP contribution >= 0.6 is 0 Å². The molecule has 0 aromatic heterocycles. The number of fused-ring (bicyclic) bond motifs is 2. The third-order valence-electron chi connectivity index (χ3n) is 10.4. The van der Waals surface area contributed by atoms with Crippen LogP contribution in [0.25, 0.3) is 0 Å². The maximum atomic E-state index is 13.6. The second kappa shape index (κ2) is 7.85. The van der Waals surface area contributed by atoms with E-state index in [0.717, 1.165) is 25.7 Å². The van der Waals surface area contributed by atoms with Gasteiger partial charge >= 0.3 is 17.2 Å². The van der Waals surface area contributed by atoms with E-state index in [2.05, 4.69) is 4.74 Å². The molecule has 0 saturated heterocycles. The van der Waals surface area contributed by atoms with Crippen molar-refractivity contribution in [2.45, 2.75) is 70.2 Å².